The van der Waals surface area contributed by atoms with E-state index in [4.69, 9.17) is 16.3 Å². The first-order valence-electron chi connectivity index (χ1n) is 9.50. The molecule has 1 aromatic heterocycles. The van der Waals surface area contributed by atoms with Gasteiger partial charge in [-0.2, -0.15) is 0 Å². The van der Waals surface area contributed by atoms with Crippen molar-refractivity contribution in [1.82, 2.24) is 9.55 Å². The van der Waals surface area contributed by atoms with Crippen LogP contribution in [0.1, 0.15) is 29.3 Å². The van der Waals surface area contributed by atoms with E-state index in [9.17, 15) is 9.59 Å². The first-order chi connectivity index (χ1) is 14.0. The number of Topliss-reactive ketones (excluding diaryl/α,β-unsaturated/α-hetero) is 1. The summed E-state index contributed by atoms with van der Waals surface area (Å²) in [6.07, 6.45) is 0.688. The number of fused-ring (bicyclic) bond motifs is 1. The zero-order chi connectivity index (χ0) is 20.8. The van der Waals surface area contributed by atoms with Gasteiger partial charge in [0.2, 0.25) is 0 Å². The van der Waals surface area contributed by atoms with Gasteiger partial charge >= 0.3 is 0 Å². The van der Waals surface area contributed by atoms with Crippen LogP contribution in [0.25, 0.3) is 10.9 Å². The van der Waals surface area contributed by atoms with Crippen LogP contribution in [0.3, 0.4) is 0 Å². The van der Waals surface area contributed by atoms with Gasteiger partial charge in [-0.3, -0.25) is 14.2 Å². The maximum absolute atomic E-state index is 13.0. The number of nitrogens with zero attached hydrogens (tertiary/aromatic N) is 2. The van der Waals surface area contributed by atoms with Gasteiger partial charge in [0.05, 0.1) is 16.7 Å². The first-order valence-corrected chi connectivity index (χ1v) is 10.9. The second kappa shape index (κ2) is 10.1. The van der Waals surface area contributed by atoms with Crippen molar-refractivity contribution in [2.75, 3.05) is 19.0 Å². The van der Waals surface area contributed by atoms with E-state index in [-0.39, 0.29) is 17.1 Å². The largest absolute Gasteiger partial charge is 0.382 e. The number of ether oxygens (including phenoxy) is 1. The van der Waals surface area contributed by atoms with E-state index in [1.807, 2.05) is 38.1 Å². The Kier molecular flexibility index (Phi) is 7.47. The Balaban J connectivity index is 1.87. The third kappa shape index (κ3) is 5.47. The van der Waals surface area contributed by atoms with Crippen molar-refractivity contribution in [2.24, 2.45) is 0 Å². The van der Waals surface area contributed by atoms with Crippen molar-refractivity contribution >= 4 is 40.0 Å². The maximum Gasteiger partial charge on any atom is 0.262 e. The van der Waals surface area contributed by atoms with Crippen LogP contribution in [-0.4, -0.2) is 34.3 Å². The summed E-state index contributed by atoms with van der Waals surface area (Å²) in [6.45, 7) is 5.59. The molecule has 0 radical (unpaired) electrons. The van der Waals surface area contributed by atoms with Gasteiger partial charge in [-0.25, -0.2) is 4.98 Å². The molecule has 0 atom stereocenters. The second-order valence-corrected chi connectivity index (χ2v) is 8.02. The average molecular weight is 431 g/mol. The number of thioether (sulfide) groups is 1. The molecule has 0 aliphatic rings. The molecule has 3 rings (SSSR count). The highest BCUT2D eigenvalue weighted by Gasteiger charge is 2.14. The topological polar surface area (TPSA) is 61.2 Å². The number of rotatable bonds is 9. The molecule has 3 aromatic rings. The molecular weight excluding hydrogens is 408 g/mol. The smallest absolute Gasteiger partial charge is 0.262 e. The molecule has 7 heteroatoms. The van der Waals surface area contributed by atoms with Crippen LogP contribution in [-0.2, 0) is 11.3 Å². The summed E-state index contributed by atoms with van der Waals surface area (Å²) in [5.41, 5.74) is 2.16. The van der Waals surface area contributed by atoms with Crippen LogP contribution in [0, 0.1) is 6.92 Å². The van der Waals surface area contributed by atoms with Crippen LogP contribution in [0.2, 0.25) is 5.02 Å². The van der Waals surface area contributed by atoms with Gasteiger partial charge in [0.1, 0.15) is 0 Å². The third-order valence-corrected chi connectivity index (χ3v) is 5.67. The van der Waals surface area contributed by atoms with Gasteiger partial charge in [0.25, 0.3) is 5.56 Å². The normalized spacial score (nSPS) is 11.1. The number of ketones is 1. The van der Waals surface area contributed by atoms with E-state index in [1.165, 1.54) is 11.8 Å². The molecule has 0 unspecified atom stereocenters. The summed E-state index contributed by atoms with van der Waals surface area (Å²) >= 11 is 7.35. The number of aromatic nitrogens is 2. The van der Waals surface area contributed by atoms with Gasteiger partial charge in [0, 0.05) is 30.3 Å². The van der Waals surface area contributed by atoms with Crippen LogP contribution in [0.5, 0.6) is 0 Å². The predicted molar refractivity (Wildman–Crippen MR) is 118 cm³/mol. The summed E-state index contributed by atoms with van der Waals surface area (Å²) in [4.78, 5) is 30.2. The molecular formula is C22H23ClN2O3S. The van der Waals surface area contributed by atoms with Crippen molar-refractivity contribution in [3.63, 3.8) is 0 Å². The molecule has 0 bridgehead atoms. The number of aryl methyl sites for hydroxylation is 1. The lowest BCUT2D eigenvalue weighted by molar-refractivity contribution is 0.102. The minimum Gasteiger partial charge on any atom is -0.382 e. The van der Waals surface area contributed by atoms with Gasteiger partial charge < -0.3 is 4.74 Å². The van der Waals surface area contributed by atoms with Crippen LogP contribution < -0.4 is 5.56 Å². The molecule has 2 aromatic carbocycles. The summed E-state index contributed by atoms with van der Waals surface area (Å²) in [5.74, 6) is 0.198. The fraction of sp³-hybridized carbons (Fsp3) is 0.318. The van der Waals surface area contributed by atoms with Crippen molar-refractivity contribution in [3.8, 4) is 0 Å². The maximum atomic E-state index is 13.0. The quantitative estimate of drug-likeness (QED) is 0.212. The van der Waals surface area contributed by atoms with Gasteiger partial charge in [-0.15, -0.1) is 0 Å². The minimum atomic E-state index is -0.131. The van der Waals surface area contributed by atoms with Crippen LogP contribution in [0.4, 0.5) is 0 Å². The zero-order valence-corrected chi connectivity index (χ0v) is 18.1. The van der Waals surface area contributed by atoms with E-state index < -0.39 is 0 Å². The van der Waals surface area contributed by atoms with Gasteiger partial charge in [0.15, 0.2) is 10.9 Å². The number of carbonyl (C=O) groups is 1. The van der Waals surface area contributed by atoms with Gasteiger partial charge in [-0.1, -0.05) is 53.2 Å². The summed E-state index contributed by atoms with van der Waals surface area (Å²) in [7, 11) is 0. The Morgan fingerprint density at radius 3 is 2.69 bits per heavy atom. The molecule has 0 fully saturated rings. The van der Waals surface area contributed by atoms with E-state index in [1.54, 1.807) is 22.8 Å². The molecule has 0 saturated carbocycles. The summed E-state index contributed by atoms with van der Waals surface area (Å²) in [6, 6.07) is 12.5. The molecule has 152 valence electrons. The molecule has 0 amide bonds. The Labute approximate surface area is 179 Å². The number of carbonyl (C=O) groups excluding carboxylic acids is 1. The third-order valence-electron chi connectivity index (χ3n) is 4.46. The number of halogens is 1. The van der Waals surface area contributed by atoms with Gasteiger partial charge in [-0.05, 0) is 38.5 Å². The first kappa shape index (κ1) is 21.6. The lowest BCUT2D eigenvalue weighted by Gasteiger charge is -2.13. The zero-order valence-electron chi connectivity index (χ0n) is 16.5. The SMILES string of the molecule is CCOCCCn1c(SCC(=O)c2ccc(C)cc2)nc2cc(Cl)ccc2c1=O. The van der Waals surface area contributed by atoms with E-state index in [0.29, 0.717) is 52.8 Å². The Bertz CT molecular complexity index is 1060. The molecule has 0 aliphatic carbocycles. The predicted octanol–water partition coefficient (Wildman–Crippen LogP) is 4.76. The molecule has 0 spiro atoms. The Hall–Kier alpha value is -2.15. The molecule has 0 saturated heterocycles. The van der Waals surface area contributed by atoms with E-state index in [2.05, 4.69) is 4.98 Å². The lowest BCUT2D eigenvalue weighted by Crippen LogP contribution is -2.24. The number of hydrogen-bond donors (Lipinski definition) is 0. The fourth-order valence-electron chi connectivity index (χ4n) is 2.90. The van der Waals surface area contributed by atoms with Crippen LogP contribution in [0.15, 0.2) is 52.4 Å². The van der Waals surface area contributed by atoms with Crippen molar-refractivity contribution < 1.29 is 9.53 Å². The van der Waals surface area contributed by atoms with Crippen LogP contribution >= 0.6 is 23.4 Å². The van der Waals surface area contributed by atoms with Crippen molar-refractivity contribution in [1.29, 1.82) is 0 Å². The highest BCUT2D eigenvalue weighted by Crippen LogP contribution is 2.22. The fourth-order valence-corrected chi connectivity index (χ4v) is 3.99. The highest BCUT2D eigenvalue weighted by atomic mass is 35.5. The Morgan fingerprint density at radius 2 is 1.97 bits per heavy atom. The van der Waals surface area contributed by atoms with E-state index >= 15 is 0 Å². The second-order valence-electron chi connectivity index (χ2n) is 6.64. The molecule has 0 N–H and O–H groups in total. The molecule has 0 aliphatic heterocycles. The molecule has 5 nitrogen and oxygen atoms in total. The minimum absolute atomic E-state index is 0.00342. The van der Waals surface area contributed by atoms with Crippen molar-refractivity contribution in [2.45, 2.75) is 32.0 Å². The number of hydrogen-bond acceptors (Lipinski definition) is 5. The standard InChI is InChI=1S/C22H23ClN2O3S/c1-3-28-12-4-11-25-21(27)18-10-9-17(23)13-19(18)24-22(25)29-14-20(26)16-7-5-15(2)6-8-16/h5-10,13H,3-4,11-12,14H2,1-2H3. The highest BCUT2D eigenvalue weighted by molar-refractivity contribution is 7.99. The molecule has 1 heterocycles. The van der Waals surface area contributed by atoms with E-state index in [0.717, 1.165) is 5.56 Å². The number of benzene rings is 2. The summed E-state index contributed by atoms with van der Waals surface area (Å²) in [5, 5.41) is 1.55. The molecule has 29 heavy (non-hydrogen) atoms. The summed E-state index contributed by atoms with van der Waals surface area (Å²) < 4.78 is 7.02. The monoisotopic (exact) mass is 430 g/mol. The Morgan fingerprint density at radius 1 is 1.21 bits per heavy atom. The van der Waals surface area contributed by atoms with Crippen molar-refractivity contribution in [3.05, 3.63) is 69.0 Å². The average Bonchev–Trinajstić information content (AvgIpc) is 2.71. The lowest BCUT2D eigenvalue weighted by atomic mass is 10.1.